The molecule has 3 aliphatic heterocycles. The Bertz CT molecular complexity index is 1430. The van der Waals surface area contributed by atoms with E-state index < -0.39 is 64.5 Å². The zero-order valence-corrected chi connectivity index (χ0v) is 23.4. The second-order valence-corrected chi connectivity index (χ2v) is 9.91. The van der Waals surface area contributed by atoms with E-state index in [2.05, 4.69) is 0 Å². The number of hydrogen-bond acceptors (Lipinski definition) is 13. The van der Waals surface area contributed by atoms with Gasteiger partial charge in [-0.05, 0) is 25.2 Å². The van der Waals surface area contributed by atoms with Crippen LogP contribution >= 0.6 is 0 Å². The first-order valence-electron chi connectivity index (χ1n) is 13.2. The number of aliphatic hydroxyl groups excluding tert-OH is 1. The molecule has 2 spiro atoms. The Kier molecular flexibility index (Phi) is 8.55. The van der Waals surface area contributed by atoms with Gasteiger partial charge in [-0.25, -0.2) is 24.0 Å². The van der Waals surface area contributed by atoms with E-state index in [1.165, 1.54) is 37.3 Å². The first-order valence-corrected chi connectivity index (χ1v) is 13.2. The van der Waals surface area contributed by atoms with Crippen LogP contribution in [-0.2, 0) is 57.2 Å². The molecule has 0 aromatic heterocycles. The number of rotatable bonds is 6. The number of carbonyl (C=O) groups is 6. The van der Waals surface area contributed by atoms with Crippen molar-refractivity contribution in [2.75, 3.05) is 0 Å². The van der Waals surface area contributed by atoms with Gasteiger partial charge in [0.25, 0.3) is 17.5 Å². The van der Waals surface area contributed by atoms with Crippen LogP contribution in [0.4, 0.5) is 0 Å². The minimum absolute atomic E-state index is 0.0725. The van der Waals surface area contributed by atoms with Crippen LogP contribution in [0, 0.1) is 0 Å². The molecule has 0 aromatic rings. The van der Waals surface area contributed by atoms with Crippen LogP contribution in [0.25, 0.3) is 0 Å². The Hall–Kier alpha value is -5.20. The molecule has 1 saturated carbocycles. The van der Waals surface area contributed by atoms with E-state index in [0.717, 1.165) is 19.1 Å². The molecule has 1 N–H and O–H groups in total. The lowest BCUT2D eigenvalue weighted by molar-refractivity contribution is -0.291. The van der Waals surface area contributed by atoms with Gasteiger partial charge in [0, 0.05) is 39.5 Å². The molecule has 2 saturated heterocycles. The summed E-state index contributed by atoms with van der Waals surface area (Å²) in [6.07, 6.45) is 13.8. The summed E-state index contributed by atoms with van der Waals surface area (Å²) in [7, 11) is 0. The average molecular weight is 597 g/mol. The third kappa shape index (κ3) is 6.50. The molecule has 0 radical (unpaired) electrons. The Balaban J connectivity index is 1.36. The maximum Gasteiger partial charge on any atom is 0.349 e. The molecule has 3 heterocycles. The van der Waals surface area contributed by atoms with Gasteiger partial charge in [-0.3, -0.25) is 4.79 Å². The molecule has 226 valence electrons. The number of allylic oxidation sites excluding steroid dienone is 9. The summed E-state index contributed by atoms with van der Waals surface area (Å²) in [6, 6.07) is 0. The third-order valence-electron chi connectivity index (χ3n) is 6.86. The van der Waals surface area contributed by atoms with Crippen molar-refractivity contribution >= 4 is 35.6 Å². The normalized spacial score (nSPS) is 29.7. The van der Waals surface area contributed by atoms with E-state index in [0.29, 0.717) is 0 Å². The molecular formula is C30H28O13. The van der Waals surface area contributed by atoms with Crippen molar-refractivity contribution < 1.29 is 62.3 Å². The predicted molar refractivity (Wildman–Crippen MR) is 143 cm³/mol. The van der Waals surface area contributed by atoms with E-state index in [1.807, 2.05) is 6.92 Å². The monoisotopic (exact) mass is 596 g/mol. The Morgan fingerprint density at radius 1 is 0.651 bits per heavy atom. The summed E-state index contributed by atoms with van der Waals surface area (Å²) in [5, 5.41) is 9.98. The Labute approximate surface area is 245 Å². The van der Waals surface area contributed by atoms with Crippen molar-refractivity contribution in [3.8, 4) is 0 Å². The highest BCUT2D eigenvalue weighted by atomic mass is 16.8. The SMILES string of the molecule is C/C=C/C=C/C=C1C(=O)OC2(CCC3(CC2)OC(=O)C(=C/C=C/C=C/C2=C(O)OC(C)(C(C)=O)OC2=O)C(=O)O3)OC1=O. The van der Waals surface area contributed by atoms with Crippen LogP contribution in [-0.4, -0.2) is 58.1 Å². The average Bonchev–Trinajstić information content (AvgIpc) is 2.92. The van der Waals surface area contributed by atoms with E-state index in [9.17, 15) is 33.9 Å². The number of hydrogen-bond donors (Lipinski definition) is 1. The number of aliphatic hydroxyl groups is 1. The summed E-state index contributed by atoms with van der Waals surface area (Å²) in [6.45, 7) is 4.13. The topological polar surface area (TPSA) is 178 Å². The molecule has 4 aliphatic rings. The highest BCUT2D eigenvalue weighted by molar-refractivity contribution is 6.16. The first-order chi connectivity index (χ1) is 20.3. The van der Waals surface area contributed by atoms with E-state index >= 15 is 0 Å². The van der Waals surface area contributed by atoms with E-state index in [-0.39, 0.29) is 36.8 Å². The maximum atomic E-state index is 12.7. The summed E-state index contributed by atoms with van der Waals surface area (Å²) >= 11 is 0. The fourth-order valence-corrected chi connectivity index (χ4v) is 4.35. The van der Waals surface area contributed by atoms with Crippen LogP contribution in [0.15, 0.2) is 83.4 Å². The summed E-state index contributed by atoms with van der Waals surface area (Å²) in [5.41, 5.74) is -1.03. The minimum Gasteiger partial charge on any atom is -0.480 e. The number of ether oxygens (including phenoxy) is 6. The highest BCUT2D eigenvalue weighted by Crippen LogP contribution is 2.45. The van der Waals surface area contributed by atoms with Crippen LogP contribution in [0.2, 0.25) is 0 Å². The van der Waals surface area contributed by atoms with Gasteiger partial charge < -0.3 is 33.5 Å². The molecule has 0 amide bonds. The lowest BCUT2D eigenvalue weighted by atomic mass is 9.87. The number of Topliss-reactive ketones (excluding diaryl/α,β-unsaturated/α-hetero) is 1. The quantitative estimate of drug-likeness (QED) is 0.156. The largest absolute Gasteiger partial charge is 0.480 e. The minimum atomic E-state index is -1.94. The molecule has 13 nitrogen and oxygen atoms in total. The maximum absolute atomic E-state index is 12.7. The highest BCUT2D eigenvalue weighted by Gasteiger charge is 2.56. The smallest absolute Gasteiger partial charge is 0.349 e. The first kappa shape index (κ1) is 30.8. The fraction of sp³-hybridized carbons (Fsp3) is 0.333. The zero-order valence-electron chi connectivity index (χ0n) is 23.4. The van der Waals surface area contributed by atoms with Crippen molar-refractivity contribution in [2.24, 2.45) is 0 Å². The molecule has 4 rings (SSSR count). The zero-order chi connectivity index (χ0) is 31.4. The van der Waals surface area contributed by atoms with Crippen LogP contribution < -0.4 is 0 Å². The van der Waals surface area contributed by atoms with Gasteiger partial charge in [-0.1, -0.05) is 42.5 Å². The standard InChI is InChI=1S/C30H28O13/c1-4-5-6-8-11-20-24(34)40-29(41-25(20)35)14-16-30(17-15-29)42-26(36)21(27(37)43-30)13-10-7-9-12-19-22(32)38-28(3,18(2)31)39-23(19)33/h4-13,32H,14-17H2,1-3H3/b5-4+,8-6+,10-7+,12-9+,20-11?,21-13?. The van der Waals surface area contributed by atoms with Crippen LogP contribution in [0.3, 0.4) is 0 Å². The molecule has 1 unspecified atom stereocenters. The molecule has 0 aromatic carbocycles. The second kappa shape index (κ2) is 12.0. The molecule has 0 bridgehead atoms. The summed E-state index contributed by atoms with van der Waals surface area (Å²) in [4.78, 5) is 74.0. The van der Waals surface area contributed by atoms with Gasteiger partial charge in [-0.15, -0.1) is 0 Å². The molecule has 1 atom stereocenters. The second-order valence-electron chi connectivity index (χ2n) is 9.91. The van der Waals surface area contributed by atoms with E-state index in [1.54, 1.807) is 18.2 Å². The van der Waals surface area contributed by atoms with Gasteiger partial charge in [-0.2, -0.15) is 0 Å². The van der Waals surface area contributed by atoms with Crippen LogP contribution in [0.1, 0.15) is 46.5 Å². The van der Waals surface area contributed by atoms with Crippen molar-refractivity contribution in [1.82, 2.24) is 0 Å². The summed E-state index contributed by atoms with van der Waals surface area (Å²) < 4.78 is 31.7. The van der Waals surface area contributed by atoms with Gasteiger partial charge in [0.15, 0.2) is 0 Å². The molecule has 13 heteroatoms. The number of ketones is 1. The molecule has 3 fully saturated rings. The van der Waals surface area contributed by atoms with Gasteiger partial charge >= 0.3 is 35.6 Å². The molecular weight excluding hydrogens is 568 g/mol. The molecule has 1 aliphatic carbocycles. The van der Waals surface area contributed by atoms with Gasteiger partial charge in [0.2, 0.25) is 5.78 Å². The van der Waals surface area contributed by atoms with Crippen molar-refractivity contribution in [2.45, 2.75) is 63.8 Å². The third-order valence-corrected chi connectivity index (χ3v) is 6.86. The Morgan fingerprint density at radius 3 is 1.49 bits per heavy atom. The fourth-order valence-electron chi connectivity index (χ4n) is 4.35. The number of carbonyl (C=O) groups excluding carboxylic acids is 6. The number of esters is 5. The van der Waals surface area contributed by atoms with Crippen molar-refractivity contribution in [1.29, 1.82) is 0 Å². The molecule has 43 heavy (non-hydrogen) atoms. The lowest BCUT2D eigenvalue weighted by Gasteiger charge is -2.45. The van der Waals surface area contributed by atoms with Crippen molar-refractivity contribution in [3.05, 3.63) is 83.4 Å². The Morgan fingerprint density at radius 2 is 1.09 bits per heavy atom. The summed E-state index contributed by atoms with van der Waals surface area (Å²) in [5.74, 6) is -11.2. The van der Waals surface area contributed by atoms with Crippen LogP contribution in [0.5, 0.6) is 0 Å². The van der Waals surface area contributed by atoms with E-state index in [4.69, 9.17) is 28.4 Å². The van der Waals surface area contributed by atoms with Gasteiger partial charge in [0.1, 0.15) is 16.7 Å². The lowest BCUT2D eigenvalue weighted by Crippen LogP contribution is -2.56. The van der Waals surface area contributed by atoms with Gasteiger partial charge in [0.05, 0.1) is 0 Å². The predicted octanol–water partition coefficient (Wildman–Crippen LogP) is 2.90. The van der Waals surface area contributed by atoms with Crippen molar-refractivity contribution in [3.63, 3.8) is 0 Å². The number of cyclic esters (lactones) is 1.